The summed E-state index contributed by atoms with van der Waals surface area (Å²) in [4.78, 5) is 28.8. The molecule has 0 saturated heterocycles. The SMILES string of the molecule is CC(NC(=O)CCc1nc(-c2ccsc2)no1)c1ccc(NC(=O)Nc2ccccc2)cc1. The molecule has 1 atom stereocenters. The number of carbonyl (C=O) groups is 2. The van der Waals surface area contributed by atoms with Gasteiger partial charge < -0.3 is 20.5 Å². The largest absolute Gasteiger partial charge is 0.350 e. The fourth-order valence-corrected chi connectivity index (χ4v) is 3.79. The van der Waals surface area contributed by atoms with Crippen LogP contribution in [0.5, 0.6) is 0 Å². The second-order valence-electron chi connectivity index (χ2n) is 7.38. The van der Waals surface area contributed by atoms with E-state index < -0.39 is 0 Å². The van der Waals surface area contributed by atoms with E-state index in [0.717, 1.165) is 11.1 Å². The van der Waals surface area contributed by atoms with Crippen molar-refractivity contribution in [1.82, 2.24) is 15.5 Å². The fraction of sp³-hybridized carbons (Fsp3) is 0.167. The van der Waals surface area contributed by atoms with E-state index in [-0.39, 0.29) is 24.4 Å². The highest BCUT2D eigenvalue weighted by molar-refractivity contribution is 7.08. The van der Waals surface area contributed by atoms with E-state index in [1.165, 1.54) is 0 Å². The van der Waals surface area contributed by atoms with Crippen LogP contribution in [0.25, 0.3) is 11.4 Å². The Morgan fingerprint density at radius 2 is 1.73 bits per heavy atom. The third-order valence-corrected chi connectivity index (χ3v) is 5.57. The Balaban J connectivity index is 1.23. The first-order valence-electron chi connectivity index (χ1n) is 10.4. The van der Waals surface area contributed by atoms with Crippen molar-refractivity contribution >= 4 is 34.6 Å². The van der Waals surface area contributed by atoms with Crippen LogP contribution in [0.3, 0.4) is 0 Å². The average Bonchev–Trinajstić information content (AvgIpc) is 3.51. The van der Waals surface area contributed by atoms with Crippen LogP contribution in [0, 0.1) is 0 Å². The van der Waals surface area contributed by atoms with Gasteiger partial charge in [0, 0.05) is 35.2 Å². The number of para-hydroxylation sites is 1. The van der Waals surface area contributed by atoms with E-state index in [2.05, 4.69) is 26.1 Å². The van der Waals surface area contributed by atoms with Crippen molar-refractivity contribution in [2.45, 2.75) is 25.8 Å². The molecule has 9 heteroatoms. The molecule has 0 aliphatic heterocycles. The number of thiophene rings is 1. The van der Waals surface area contributed by atoms with Crippen molar-refractivity contribution in [3.05, 3.63) is 82.9 Å². The molecule has 1 unspecified atom stereocenters. The number of aromatic nitrogens is 2. The van der Waals surface area contributed by atoms with Crippen LogP contribution in [0.15, 0.2) is 75.9 Å². The van der Waals surface area contributed by atoms with Crippen molar-refractivity contribution in [3.63, 3.8) is 0 Å². The topological polar surface area (TPSA) is 109 Å². The van der Waals surface area contributed by atoms with Gasteiger partial charge in [0.1, 0.15) is 0 Å². The lowest BCUT2D eigenvalue weighted by molar-refractivity contribution is -0.121. The second-order valence-corrected chi connectivity index (χ2v) is 8.16. The first kappa shape index (κ1) is 22.2. The number of nitrogens with zero attached hydrogens (tertiary/aromatic N) is 2. The summed E-state index contributed by atoms with van der Waals surface area (Å²) in [6.45, 7) is 1.91. The van der Waals surface area contributed by atoms with Gasteiger partial charge >= 0.3 is 6.03 Å². The predicted molar refractivity (Wildman–Crippen MR) is 128 cm³/mol. The zero-order valence-electron chi connectivity index (χ0n) is 17.9. The molecule has 0 bridgehead atoms. The monoisotopic (exact) mass is 461 g/mol. The molecular weight excluding hydrogens is 438 g/mol. The number of hydrogen-bond donors (Lipinski definition) is 3. The van der Waals surface area contributed by atoms with Gasteiger partial charge in [0.2, 0.25) is 17.6 Å². The van der Waals surface area contributed by atoms with Crippen LogP contribution < -0.4 is 16.0 Å². The Hall–Kier alpha value is -3.98. The number of aryl methyl sites for hydroxylation is 1. The third kappa shape index (κ3) is 6.27. The molecule has 8 nitrogen and oxygen atoms in total. The highest BCUT2D eigenvalue weighted by atomic mass is 32.1. The number of nitrogens with one attached hydrogen (secondary N) is 3. The summed E-state index contributed by atoms with van der Waals surface area (Å²) in [5.41, 5.74) is 3.20. The number of anilines is 2. The molecule has 168 valence electrons. The summed E-state index contributed by atoms with van der Waals surface area (Å²) in [5, 5.41) is 16.4. The van der Waals surface area contributed by atoms with Crippen molar-refractivity contribution in [3.8, 4) is 11.4 Å². The molecular formula is C24H23N5O3S. The minimum Gasteiger partial charge on any atom is -0.350 e. The molecule has 0 aliphatic rings. The zero-order valence-corrected chi connectivity index (χ0v) is 18.8. The molecule has 3 N–H and O–H groups in total. The van der Waals surface area contributed by atoms with E-state index in [1.54, 1.807) is 23.5 Å². The summed E-state index contributed by atoms with van der Waals surface area (Å²) in [6.07, 6.45) is 0.615. The highest BCUT2D eigenvalue weighted by Crippen LogP contribution is 2.20. The minimum atomic E-state index is -0.321. The first-order chi connectivity index (χ1) is 16.1. The van der Waals surface area contributed by atoms with Gasteiger partial charge in [-0.15, -0.1) is 0 Å². The highest BCUT2D eigenvalue weighted by Gasteiger charge is 2.13. The molecule has 0 aliphatic carbocycles. The van der Waals surface area contributed by atoms with Crippen LogP contribution in [-0.4, -0.2) is 22.1 Å². The number of rotatable bonds is 8. The lowest BCUT2D eigenvalue weighted by Crippen LogP contribution is -2.26. The number of carbonyl (C=O) groups excluding carboxylic acids is 2. The minimum absolute atomic E-state index is 0.109. The number of amides is 3. The van der Waals surface area contributed by atoms with Crippen molar-refractivity contribution < 1.29 is 14.1 Å². The lowest BCUT2D eigenvalue weighted by atomic mass is 10.1. The number of benzene rings is 2. The van der Waals surface area contributed by atoms with Gasteiger partial charge in [0.05, 0.1) is 6.04 Å². The van der Waals surface area contributed by atoms with Crippen LogP contribution in [-0.2, 0) is 11.2 Å². The quantitative estimate of drug-likeness (QED) is 0.332. The number of hydrogen-bond acceptors (Lipinski definition) is 6. The summed E-state index contributed by atoms with van der Waals surface area (Å²) < 4.78 is 5.23. The molecule has 0 radical (unpaired) electrons. The summed E-state index contributed by atoms with van der Waals surface area (Å²) in [5.74, 6) is 0.858. The average molecular weight is 462 g/mol. The standard InChI is InChI=1S/C24H23N5O3S/c1-16(25-21(30)11-12-22-28-23(29-32-22)18-13-14-33-15-18)17-7-9-20(10-8-17)27-24(31)26-19-5-3-2-4-6-19/h2-10,13-16H,11-12H2,1H3,(H,25,30)(H2,26,27,31). The Morgan fingerprint density at radius 3 is 2.42 bits per heavy atom. The second kappa shape index (κ2) is 10.6. The van der Waals surface area contributed by atoms with E-state index in [9.17, 15) is 9.59 Å². The summed E-state index contributed by atoms with van der Waals surface area (Å²) >= 11 is 1.56. The Morgan fingerprint density at radius 1 is 1.00 bits per heavy atom. The molecule has 2 aromatic heterocycles. The predicted octanol–water partition coefficient (Wildman–Crippen LogP) is 5.25. The Labute approximate surface area is 195 Å². The van der Waals surface area contributed by atoms with Crippen molar-refractivity contribution in [1.29, 1.82) is 0 Å². The fourth-order valence-electron chi connectivity index (χ4n) is 3.15. The maximum atomic E-state index is 12.4. The van der Waals surface area contributed by atoms with Gasteiger partial charge in [-0.1, -0.05) is 35.5 Å². The zero-order chi connectivity index (χ0) is 23.0. The van der Waals surface area contributed by atoms with E-state index in [0.29, 0.717) is 29.5 Å². The van der Waals surface area contributed by atoms with Crippen LogP contribution in [0.1, 0.15) is 30.8 Å². The van der Waals surface area contributed by atoms with Gasteiger partial charge in [0.25, 0.3) is 0 Å². The third-order valence-electron chi connectivity index (χ3n) is 4.89. The van der Waals surface area contributed by atoms with Crippen LogP contribution >= 0.6 is 11.3 Å². The smallest absolute Gasteiger partial charge is 0.323 e. The summed E-state index contributed by atoms with van der Waals surface area (Å²) in [6, 6.07) is 18.0. The maximum Gasteiger partial charge on any atom is 0.323 e. The van der Waals surface area contributed by atoms with E-state index in [4.69, 9.17) is 4.52 Å². The van der Waals surface area contributed by atoms with Crippen molar-refractivity contribution in [2.24, 2.45) is 0 Å². The van der Waals surface area contributed by atoms with Gasteiger partial charge in [0.15, 0.2) is 0 Å². The summed E-state index contributed by atoms with van der Waals surface area (Å²) in [7, 11) is 0. The van der Waals surface area contributed by atoms with Crippen molar-refractivity contribution in [2.75, 3.05) is 10.6 Å². The lowest BCUT2D eigenvalue weighted by Gasteiger charge is -2.15. The van der Waals surface area contributed by atoms with E-state index in [1.807, 2.05) is 66.2 Å². The molecule has 4 aromatic rings. The molecule has 0 saturated carbocycles. The van der Waals surface area contributed by atoms with Crippen LogP contribution in [0.2, 0.25) is 0 Å². The normalized spacial score (nSPS) is 11.5. The molecule has 0 fully saturated rings. The maximum absolute atomic E-state index is 12.4. The van der Waals surface area contributed by atoms with Gasteiger partial charge in [-0.25, -0.2) is 4.79 Å². The van der Waals surface area contributed by atoms with Gasteiger partial charge in [-0.2, -0.15) is 16.3 Å². The molecule has 3 amide bonds. The van der Waals surface area contributed by atoms with E-state index >= 15 is 0 Å². The molecule has 2 aromatic carbocycles. The Bertz CT molecular complexity index is 1190. The Kier molecular flexibility index (Phi) is 7.11. The molecule has 4 rings (SSSR count). The van der Waals surface area contributed by atoms with Crippen LogP contribution in [0.4, 0.5) is 16.2 Å². The number of urea groups is 1. The first-order valence-corrected chi connectivity index (χ1v) is 11.4. The molecule has 0 spiro atoms. The molecule has 2 heterocycles. The van der Waals surface area contributed by atoms with Gasteiger partial charge in [-0.3, -0.25) is 4.79 Å². The molecule has 33 heavy (non-hydrogen) atoms. The van der Waals surface area contributed by atoms with Gasteiger partial charge in [-0.05, 0) is 48.2 Å².